The quantitative estimate of drug-likeness (QED) is 0.587. The molecule has 22 heavy (non-hydrogen) atoms. The maximum Gasteiger partial charge on any atom is 0.141 e. The lowest BCUT2D eigenvalue weighted by atomic mass is 10.0. The molecule has 0 spiro atoms. The number of nitrogens with zero attached hydrogens (tertiary/aromatic N) is 1. The van der Waals surface area contributed by atoms with Gasteiger partial charge in [0.2, 0.25) is 0 Å². The second kappa shape index (κ2) is 4.63. The Morgan fingerprint density at radius 2 is 1.73 bits per heavy atom. The highest BCUT2D eigenvalue weighted by Gasteiger charge is 2.13. The van der Waals surface area contributed by atoms with Crippen molar-refractivity contribution in [3.05, 3.63) is 47.9 Å². The third kappa shape index (κ3) is 1.80. The number of hydrogen-bond acceptors (Lipinski definition) is 3. The van der Waals surface area contributed by atoms with Crippen LogP contribution in [0.1, 0.15) is 11.5 Å². The molecular formula is C18H16N2O2. The zero-order valence-corrected chi connectivity index (χ0v) is 12.7. The number of fused-ring (bicyclic) bond motifs is 3. The Morgan fingerprint density at radius 3 is 2.41 bits per heavy atom. The summed E-state index contributed by atoms with van der Waals surface area (Å²) in [6, 6.07) is 12.5. The van der Waals surface area contributed by atoms with Crippen molar-refractivity contribution in [2.24, 2.45) is 0 Å². The summed E-state index contributed by atoms with van der Waals surface area (Å²) >= 11 is 0. The van der Waals surface area contributed by atoms with Gasteiger partial charge >= 0.3 is 0 Å². The molecule has 2 aromatic carbocycles. The minimum Gasteiger partial charge on any atom is -0.497 e. The smallest absolute Gasteiger partial charge is 0.141 e. The van der Waals surface area contributed by atoms with Crippen LogP contribution in [0.4, 0.5) is 0 Å². The van der Waals surface area contributed by atoms with Crippen molar-refractivity contribution in [3.8, 4) is 16.9 Å². The molecule has 0 fully saturated rings. The van der Waals surface area contributed by atoms with E-state index in [1.165, 1.54) is 5.39 Å². The summed E-state index contributed by atoms with van der Waals surface area (Å²) < 4.78 is 10.6. The van der Waals surface area contributed by atoms with Crippen molar-refractivity contribution in [3.63, 3.8) is 0 Å². The molecule has 1 N–H and O–H groups in total. The Morgan fingerprint density at radius 1 is 1.00 bits per heavy atom. The standard InChI is InChI=1S/C18H16N2O2/c1-10-18(11(2)22-20-10)12-4-6-16-14(8-12)15-9-13(21-3)5-7-17(15)19-16/h4-9,19H,1-3H3. The monoisotopic (exact) mass is 292 g/mol. The number of H-pyrrole nitrogens is 1. The van der Waals surface area contributed by atoms with Gasteiger partial charge in [-0.2, -0.15) is 0 Å². The fourth-order valence-electron chi connectivity index (χ4n) is 3.05. The van der Waals surface area contributed by atoms with Gasteiger partial charge in [-0.1, -0.05) is 11.2 Å². The minimum absolute atomic E-state index is 0.842. The van der Waals surface area contributed by atoms with Crippen LogP contribution in [0.5, 0.6) is 5.75 Å². The number of nitrogens with one attached hydrogen (secondary N) is 1. The van der Waals surface area contributed by atoms with Crippen LogP contribution < -0.4 is 4.74 Å². The van der Waals surface area contributed by atoms with Crippen molar-refractivity contribution in [1.82, 2.24) is 10.1 Å². The summed E-state index contributed by atoms with van der Waals surface area (Å²) in [5.74, 6) is 1.70. The van der Waals surface area contributed by atoms with Crippen LogP contribution >= 0.6 is 0 Å². The van der Waals surface area contributed by atoms with E-state index in [9.17, 15) is 0 Å². The van der Waals surface area contributed by atoms with Crippen molar-refractivity contribution < 1.29 is 9.26 Å². The number of hydrogen-bond donors (Lipinski definition) is 1. The number of methoxy groups -OCH3 is 1. The molecule has 4 aromatic rings. The predicted octanol–water partition coefficient (Wildman–Crippen LogP) is 4.60. The van der Waals surface area contributed by atoms with E-state index in [0.717, 1.165) is 44.8 Å². The van der Waals surface area contributed by atoms with E-state index in [0.29, 0.717) is 0 Å². The van der Waals surface area contributed by atoms with Gasteiger partial charge in [0.25, 0.3) is 0 Å². The van der Waals surface area contributed by atoms with E-state index >= 15 is 0 Å². The van der Waals surface area contributed by atoms with Crippen LogP contribution in [0.3, 0.4) is 0 Å². The first-order valence-electron chi connectivity index (χ1n) is 7.20. The van der Waals surface area contributed by atoms with Gasteiger partial charge in [0.05, 0.1) is 12.8 Å². The van der Waals surface area contributed by atoms with Gasteiger partial charge in [-0.25, -0.2) is 0 Å². The van der Waals surface area contributed by atoms with Crippen LogP contribution in [0, 0.1) is 13.8 Å². The highest BCUT2D eigenvalue weighted by molar-refractivity contribution is 6.09. The van der Waals surface area contributed by atoms with Crippen LogP contribution in [-0.2, 0) is 0 Å². The molecule has 110 valence electrons. The zero-order chi connectivity index (χ0) is 15.3. The summed E-state index contributed by atoms with van der Waals surface area (Å²) in [6.07, 6.45) is 0. The highest BCUT2D eigenvalue weighted by atomic mass is 16.5. The van der Waals surface area contributed by atoms with Crippen LogP contribution in [0.25, 0.3) is 32.9 Å². The number of aromatic nitrogens is 2. The molecule has 2 heterocycles. The fraction of sp³-hybridized carbons (Fsp3) is 0.167. The van der Waals surface area contributed by atoms with Crippen molar-refractivity contribution in [1.29, 1.82) is 0 Å². The van der Waals surface area contributed by atoms with E-state index in [1.54, 1.807) is 7.11 Å². The van der Waals surface area contributed by atoms with Gasteiger partial charge in [0, 0.05) is 27.4 Å². The number of aryl methyl sites for hydroxylation is 2. The Bertz CT molecular complexity index is 976. The zero-order valence-electron chi connectivity index (χ0n) is 12.7. The van der Waals surface area contributed by atoms with Crippen molar-refractivity contribution >= 4 is 21.8 Å². The molecular weight excluding hydrogens is 276 g/mol. The molecule has 0 aliphatic rings. The molecule has 0 unspecified atom stereocenters. The first-order chi connectivity index (χ1) is 10.7. The molecule has 0 aliphatic carbocycles. The number of ether oxygens (including phenoxy) is 1. The summed E-state index contributed by atoms with van der Waals surface area (Å²) in [5, 5.41) is 6.38. The second-order valence-corrected chi connectivity index (χ2v) is 5.50. The van der Waals surface area contributed by atoms with Gasteiger partial charge in [0.1, 0.15) is 11.5 Å². The van der Waals surface area contributed by atoms with Gasteiger partial charge in [0.15, 0.2) is 0 Å². The summed E-state index contributed by atoms with van der Waals surface area (Å²) in [7, 11) is 1.69. The van der Waals surface area contributed by atoms with E-state index in [1.807, 2.05) is 26.0 Å². The molecule has 0 bridgehead atoms. The molecule has 0 aliphatic heterocycles. The molecule has 0 atom stereocenters. The lowest BCUT2D eigenvalue weighted by Gasteiger charge is -2.02. The Labute approximate surface area is 127 Å². The average Bonchev–Trinajstić information content (AvgIpc) is 3.06. The van der Waals surface area contributed by atoms with Gasteiger partial charge in [-0.15, -0.1) is 0 Å². The summed E-state index contributed by atoms with van der Waals surface area (Å²) in [5.41, 5.74) is 5.31. The maximum atomic E-state index is 5.34. The van der Waals surface area contributed by atoms with E-state index < -0.39 is 0 Å². The van der Waals surface area contributed by atoms with E-state index in [2.05, 4.69) is 34.4 Å². The highest BCUT2D eigenvalue weighted by Crippen LogP contribution is 2.34. The van der Waals surface area contributed by atoms with E-state index in [4.69, 9.17) is 9.26 Å². The molecule has 0 saturated heterocycles. The first-order valence-corrected chi connectivity index (χ1v) is 7.20. The summed E-state index contributed by atoms with van der Waals surface area (Å²) in [4.78, 5) is 3.44. The molecule has 4 heteroatoms. The minimum atomic E-state index is 0.842. The fourth-order valence-corrected chi connectivity index (χ4v) is 3.05. The maximum absolute atomic E-state index is 5.34. The van der Waals surface area contributed by atoms with Crippen molar-refractivity contribution in [2.45, 2.75) is 13.8 Å². The van der Waals surface area contributed by atoms with Crippen LogP contribution in [0.15, 0.2) is 40.9 Å². The van der Waals surface area contributed by atoms with Crippen LogP contribution in [-0.4, -0.2) is 17.3 Å². The van der Waals surface area contributed by atoms with Crippen LogP contribution in [0.2, 0.25) is 0 Å². The third-order valence-corrected chi connectivity index (χ3v) is 4.13. The lowest BCUT2D eigenvalue weighted by molar-refractivity contribution is 0.393. The molecule has 4 rings (SSSR count). The molecule has 4 nitrogen and oxygen atoms in total. The molecule has 0 saturated carbocycles. The molecule has 2 aromatic heterocycles. The molecule has 0 amide bonds. The number of benzene rings is 2. The average molecular weight is 292 g/mol. The molecule has 0 radical (unpaired) electrons. The van der Waals surface area contributed by atoms with Gasteiger partial charge in [-0.3, -0.25) is 0 Å². The Hall–Kier alpha value is -2.75. The van der Waals surface area contributed by atoms with Crippen molar-refractivity contribution in [2.75, 3.05) is 7.11 Å². The largest absolute Gasteiger partial charge is 0.497 e. The van der Waals surface area contributed by atoms with E-state index in [-0.39, 0.29) is 0 Å². The Balaban J connectivity index is 2.02. The Kier molecular flexibility index (Phi) is 2.73. The number of aromatic amines is 1. The SMILES string of the molecule is COc1ccc2[nH]c3ccc(-c4c(C)noc4C)cc3c2c1. The van der Waals surface area contributed by atoms with Gasteiger partial charge in [-0.05, 0) is 49.7 Å². The predicted molar refractivity (Wildman–Crippen MR) is 87.3 cm³/mol. The number of rotatable bonds is 2. The lowest BCUT2D eigenvalue weighted by Crippen LogP contribution is -1.82. The topological polar surface area (TPSA) is 51.0 Å². The summed E-state index contributed by atoms with van der Waals surface area (Å²) in [6.45, 7) is 3.91. The first kappa shape index (κ1) is 13.0. The second-order valence-electron chi connectivity index (χ2n) is 5.50. The normalized spacial score (nSPS) is 11.4. The third-order valence-electron chi connectivity index (χ3n) is 4.13. The van der Waals surface area contributed by atoms with Gasteiger partial charge < -0.3 is 14.2 Å².